The van der Waals surface area contributed by atoms with Crippen molar-refractivity contribution in [1.82, 2.24) is 15.2 Å². The highest BCUT2D eigenvalue weighted by atomic mass is 35.5. The van der Waals surface area contributed by atoms with Crippen LogP contribution in [0.1, 0.15) is 24.0 Å². The number of nitrogens with zero attached hydrogens (tertiary/aromatic N) is 4. The number of anilines is 1. The van der Waals surface area contributed by atoms with Crippen LogP contribution in [0.2, 0.25) is 5.02 Å². The normalized spacial score (nSPS) is 12.3. The number of thiazole rings is 1. The Hall–Kier alpha value is -1.99. The van der Waals surface area contributed by atoms with Gasteiger partial charge in [0.1, 0.15) is 9.88 Å². The number of hydrogen-bond donors (Lipinski definition) is 0. The molecule has 0 N–H and O–H groups in total. The van der Waals surface area contributed by atoms with Gasteiger partial charge >= 0.3 is 0 Å². The Bertz CT molecular complexity index is 804. The molecule has 0 saturated heterocycles. The molecule has 0 bridgehead atoms. The van der Waals surface area contributed by atoms with E-state index in [4.69, 9.17) is 16.0 Å². The Kier molecular flexibility index (Phi) is 4.58. The SMILES string of the molecule is CC(F)c1nnc(-c2cnc(CN(C)c3cccc(Cl)c3)s2)o1. The Balaban J connectivity index is 1.74. The van der Waals surface area contributed by atoms with Crippen LogP contribution in [0.25, 0.3) is 10.8 Å². The largest absolute Gasteiger partial charge is 0.417 e. The van der Waals surface area contributed by atoms with E-state index in [1.165, 1.54) is 18.3 Å². The predicted octanol–water partition coefficient (Wildman–Crippen LogP) is 4.51. The molecule has 2 heterocycles. The van der Waals surface area contributed by atoms with Gasteiger partial charge in [-0.25, -0.2) is 9.37 Å². The molecule has 0 radical (unpaired) electrons. The van der Waals surface area contributed by atoms with Gasteiger partial charge in [0, 0.05) is 17.8 Å². The number of aromatic nitrogens is 3. The van der Waals surface area contributed by atoms with Gasteiger partial charge in [-0.2, -0.15) is 0 Å². The fraction of sp³-hybridized carbons (Fsp3) is 0.267. The smallest absolute Gasteiger partial charge is 0.259 e. The molecule has 0 aliphatic carbocycles. The highest BCUT2D eigenvalue weighted by Crippen LogP contribution is 2.28. The molecule has 5 nitrogen and oxygen atoms in total. The predicted molar refractivity (Wildman–Crippen MR) is 88.5 cm³/mol. The molecular formula is C15H14ClFN4OS. The van der Waals surface area contributed by atoms with Crippen LogP contribution in [0.4, 0.5) is 10.1 Å². The molecule has 3 aromatic rings. The van der Waals surface area contributed by atoms with Crippen LogP contribution < -0.4 is 4.90 Å². The van der Waals surface area contributed by atoms with Crippen LogP contribution in [0.3, 0.4) is 0 Å². The van der Waals surface area contributed by atoms with Crippen molar-refractivity contribution in [2.24, 2.45) is 0 Å². The molecule has 120 valence electrons. The summed E-state index contributed by atoms with van der Waals surface area (Å²) in [5.41, 5.74) is 1.00. The third-order valence-corrected chi connectivity index (χ3v) is 4.37. The van der Waals surface area contributed by atoms with Gasteiger partial charge in [0.05, 0.1) is 12.7 Å². The summed E-state index contributed by atoms with van der Waals surface area (Å²) in [6, 6.07) is 7.61. The van der Waals surface area contributed by atoms with Gasteiger partial charge in [-0.1, -0.05) is 17.7 Å². The van der Waals surface area contributed by atoms with Gasteiger partial charge in [-0.3, -0.25) is 0 Å². The molecule has 23 heavy (non-hydrogen) atoms. The Labute approximate surface area is 141 Å². The summed E-state index contributed by atoms with van der Waals surface area (Å²) in [6.07, 6.45) is 0.379. The van der Waals surface area contributed by atoms with E-state index in [9.17, 15) is 4.39 Å². The minimum absolute atomic E-state index is 0.0222. The molecule has 0 fully saturated rings. The lowest BCUT2D eigenvalue weighted by Crippen LogP contribution is -2.15. The standard InChI is InChI=1S/C15H14ClFN4OS/c1-9(17)14-19-20-15(22-14)12-7-18-13(23-12)8-21(2)11-5-3-4-10(16)6-11/h3-7,9H,8H2,1-2H3. The quantitative estimate of drug-likeness (QED) is 0.676. The number of halogens is 2. The molecule has 0 saturated carbocycles. The van der Waals surface area contributed by atoms with Crippen LogP contribution in [0.15, 0.2) is 34.9 Å². The second kappa shape index (κ2) is 6.64. The molecule has 1 aromatic carbocycles. The molecule has 1 atom stereocenters. The average Bonchev–Trinajstić information content (AvgIpc) is 3.15. The third kappa shape index (κ3) is 3.68. The number of alkyl halides is 1. The zero-order valence-corrected chi connectivity index (χ0v) is 14.1. The van der Waals surface area contributed by atoms with Crippen molar-refractivity contribution < 1.29 is 8.81 Å². The van der Waals surface area contributed by atoms with Crippen molar-refractivity contribution >= 4 is 28.6 Å². The third-order valence-electron chi connectivity index (χ3n) is 3.17. The lowest BCUT2D eigenvalue weighted by molar-refractivity contribution is 0.301. The van der Waals surface area contributed by atoms with E-state index in [1.807, 2.05) is 36.2 Å². The zero-order valence-electron chi connectivity index (χ0n) is 12.5. The highest BCUT2D eigenvalue weighted by Gasteiger charge is 2.16. The van der Waals surface area contributed by atoms with Crippen molar-refractivity contribution in [3.05, 3.63) is 46.4 Å². The highest BCUT2D eigenvalue weighted by molar-refractivity contribution is 7.15. The van der Waals surface area contributed by atoms with Crippen LogP contribution in [-0.2, 0) is 6.54 Å². The van der Waals surface area contributed by atoms with E-state index >= 15 is 0 Å². The van der Waals surface area contributed by atoms with E-state index in [-0.39, 0.29) is 5.89 Å². The summed E-state index contributed by atoms with van der Waals surface area (Å²) in [5, 5.41) is 9.11. The van der Waals surface area contributed by atoms with E-state index < -0.39 is 6.17 Å². The van der Waals surface area contributed by atoms with Gasteiger partial charge in [0.2, 0.25) is 0 Å². The minimum Gasteiger partial charge on any atom is -0.417 e. The van der Waals surface area contributed by atoms with E-state index in [1.54, 1.807) is 6.20 Å². The summed E-state index contributed by atoms with van der Waals surface area (Å²) < 4.78 is 18.4. The minimum atomic E-state index is -1.28. The number of hydrogen-bond acceptors (Lipinski definition) is 6. The first-order chi connectivity index (χ1) is 11.0. The summed E-state index contributed by atoms with van der Waals surface area (Å²) in [5.74, 6) is 0.268. The molecule has 3 rings (SSSR count). The van der Waals surface area contributed by atoms with Crippen LogP contribution >= 0.6 is 22.9 Å². The molecule has 8 heteroatoms. The summed E-state index contributed by atoms with van der Waals surface area (Å²) in [7, 11) is 1.96. The number of benzene rings is 1. The fourth-order valence-corrected chi connectivity index (χ4v) is 3.06. The van der Waals surface area contributed by atoms with Crippen molar-refractivity contribution in [2.75, 3.05) is 11.9 Å². The topological polar surface area (TPSA) is 55.1 Å². The summed E-state index contributed by atoms with van der Waals surface area (Å²) >= 11 is 7.44. The molecular weight excluding hydrogens is 339 g/mol. The van der Waals surface area contributed by atoms with Gasteiger partial charge in [0.15, 0.2) is 6.17 Å². The Morgan fingerprint density at radius 3 is 2.91 bits per heavy atom. The zero-order chi connectivity index (χ0) is 16.4. The van der Waals surface area contributed by atoms with E-state index in [2.05, 4.69) is 15.2 Å². The van der Waals surface area contributed by atoms with Crippen molar-refractivity contribution in [3.63, 3.8) is 0 Å². The molecule has 0 aliphatic heterocycles. The van der Waals surface area contributed by atoms with Crippen LogP contribution in [-0.4, -0.2) is 22.2 Å². The first kappa shape index (κ1) is 15.9. The van der Waals surface area contributed by atoms with E-state index in [0.29, 0.717) is 17.5 Å². The van der Waals surface area contributed by atoms with Crippen molar-refractivity contribution in [2.45, 2.75) is 19.6 Å². The van der Waals surface area contributed by atoms with Crippen molar-refractivity contribution in [3.8, 4) is 10.8 Å². The first-order valence-corrected chi connectivity index (χ1v) is 8.11. The maximum atomic E-state index is 13.1. The van der Waals surface area contributed by atoms with Gasteiger partial charge in [-0.05, 0) is 25.1 Å². The van der Waals surface area contributed by atoms with Crippen LogP contribution in [0, 0.1) is 0 Å². The second-order valence-electron chi connectivity index (χ2n) is 5.02. The molecule has 0 amide bonds. The maximum absolute atomic E-state index is 13.1. The van der Waals surface area contributed by atoms with Gasteiger partial charge in [0.25, 0.3) is 11.8 Å². The van der Waals surface area contributed by atoms with Gasteiger partial charge in [-0.15, -0.1) is 21.5 Å². The average molecular weight is 353 g/mol. The lowest BCUT2D eigenvalue weighted by atomic mass is 10.3. The second-order valence-corrected chi connectivity index (χ2v) is 6.57. The first-order valence-electron chi connectivity index (χ1n) is 6.92. The van der Waals surface area contributed by atoms with Crippen molar-refractivity contribution in [1.29, 1.82) is 0 Å². The van der Waals surface area contributed by atoms with Gasteiger partial charge < -0.3 is 9.32 Å². The monoisotopic (exact) mass is 352 g/mol. The fourth-order valence-electron chi connectivity index (χ4n) is 1.98. The maximum Gasteiger partial charge on any atom is 0.259 e. The molecule has 1 unspecified atom stereocenters. The molecule has 2 aromatic heterocycles. The number of rotatable bonds is 5. The summed E-state index contributed by atoms with van der Waals surface area (Å²) in [4.78, 5) is 7.12. The van der Waals surface area contributed by atoms with E-state index in [0.717, 1.165) is 15.6 Å². The lowest BCUT2D eigenvalue weighted by Gasteiger charge is -2.17. The molecule has 0 spiro atoms. The molecule has 0 aliphatic rings. The summed E-state index contributed by atoms with van der Waals surface area (Å²) in [6.45, 7) is 1.97. The Morgan fingerprint density at radius 1 is 1.39 bits per heavy atom. The Morgan fingerprint density at radius 2 is 2.22 bits per heavy atom. The van der Waals surface area contributed by atoms with Crippen LogP contribution in [0.5, 0.6) is 0 Å².